The average Bonchev–Trinajstić information content (AvgIpc) is 1.97. The van der Waals surface area contributed by atoms with Gasteiger partial charge in [0.05, 0.1) is 5.60 Å². The molecule has 0 amide bonds. The van der Waals surface area contributed by atoms with Crippen molar-refractivity contribution in [3.63, 3.8) is 0 Å². The van der Waals surface area contributed by atoms with Crippen molar-refractivity contribution in [3.05, 3.63) is 0 Å². The molecular weight excluding hydrogens is 188 g/mol. The first-order valence-corrected chi connectivity index (χ1v) is 3.78. The second-order valence-corrected chi connectivity index (χ2v) is 3.28. The Morgan fingerprint density at radius 2 is 1.58 bits per heavy atom. The summed E-state index contributed by atoms with van der Waals surface area (Å²) >= 11 is 0. The molecule has 0 atom stereocenters. The number of aliphatic hydroxyl groups is 1. The van der Waals surface area contributed by atoms with Crippen molar-refractivity contribution in [2.45, 2.75) is 37.2 Å². The molecule has 0 unspecified atom stereocenters. The van der Waals surface area contributed by atoms with Crippen LogP contribution in [0.3, 0.4) is 0 Å². The van der Waals surface area contributed by atoms with Crippen LogP contribution in [0.1, 0.15) is 25.7 Å². The highest BCUT2D eigenvalue weighted by Gasteiger charge is 2.41. The van der Waals surface area contributed by atoms with Gasteiger partial charge in [0.15, 0.2) is 0 Å². The summed E-state index contributed by atoms with van der Waals surface area (Å²) in [5, 5.41) is 9.45. The van der Waals surface area contributed by atoms with E-state index < -0.39 is 11.5 Å². The average molecular weight is 202 g/mol. The largest absolute Gasteiger partial charge is 0.389 e. The highest BCUT2D eigenvalue weighted by Crippen LogP contribution is 2.37. The van der Waals surface area contributed by atoms with Gasteiger partial charge in [0.25, 0.3) is 0 Å². The van der Waals surface area contributed by atoms with Crippen molar-refractivity contribution < 1.29 is 13.9 Å². The molecule has 0 aromatic rings. The topological polar surface area (TPSA) is 46.2 Å². The molecule has 0 aromatic carbocycles. The molecule has 0 spiro atoms. The molecule has 0 aliphatic heterocycles. The first-order valence-electron chi connectivity index (χ1n) is 3.78. The Labute approximate surface area is 76.5 Å². The number of alkyl halides is 2. The minimum Gasteiger partial charge on any atom is -0.389 e. The summed E-state index contributed by atoms with van der Waals surface area (Å²) in [5.41, 5.74) is 4.21. The Balaban J connectivity index is 0.00000121. The zero-order valence-electron chi connectivity index (χ0n) is 6.72. The van der Waals surface area contributed by atoms with E-state index in [9.17, 15) is 13.9 Å². The third-order valence-electron chi connectivity index (χ3n) is 2.29. The molecule has 1 rings (SSSR count). The van der Waals surface area contributed by atoms with Crippen LogP contribution in [0.15, 0.2) is 0 Å². The minimum absolute atomic E-state index is 0. The van der Waals surface area contributed by atoms with Gasteiger partial charge in [-0.15, -0.1) is 12.4 Å². The number of halogens is 3. The summed E-state index contributed by atoms with van der Waals surface area (Å²) in [6.45, 7) is 0.0864. The zero-order valence-corrected chi connectivity index (χ0v) is 7.54. The highest BCUT2D eigenvalue weighted by atomic mass is 35.5. The number of hydrogen-bond donors (Lipinski definition) is 2. The molecule has 0 radical (unpaired) electrons. The quantitative estimate of drug-likeness (QED) is 0.672. The van der Waals surface area contributed by atoms with Gasteiger partial charge >= 0.3 is 0 Å². The van der Waals surface area contributed by atoms with Crippen LogP contribution >= 0.6 is 12.4 Å². The molecule has 1 fully saturated rings. The van der Waals surface area contributed by atoms with Crippen molar-refractivity contribution in [1.82, 2.24) is 0 Å². The fourth-order valence-electron chi connectivity index (χ4n) is 1.29. The Hall–Kier alpha value is 0.0700. The normalized spacial score (nSPS) is 26.0. The lowest BCUT2D eigenvalue weighted by Gasteiger charge is -2.34. The van der Waals surface area contributed by atoms with E-state index in [2.05, 4.69) is 0 Å². The van der Waals surface area contributed by atoms with Gasteiger partial charge in [-0.1, -0.05) is 0 Å². The molecule has 0 aromatic heterocycles. The SMILES string of the molecule is Cl.NCC1(O)CCC(F)(F)CC1. The first-order chi connectivity index (χ1) is 4.97. The predicted molar refractivity (Wildman–Crippen MR) is 44.7 cm³/mol. The predicted octanol–water partition coefficient (Wildman–Crippen LogP) is 1.31. The Morgan fingerprint density at radius 3 is 1.92 bits per heavy atom. The van der Waals surface area contributed by atoms with E-state index in [-0.39, 0.29) is 44.6 Å². The molecule has 5 heteroatoms. The number of hydrogen-bond acceptors (Lipinski definition) is 2. The van der Waals surface area contributed by atoms with Crippen LogP contribution in [0.4, 0.5) is 8.78 Å². The van der Waals surface area contributed by atoms with Gasteiger partial charge in [-0.2, -0.15) is 0 Å². The standard InChI is InChI=1S/C7H13F2NO.ClH/c8-7(9)3-1-6(11,5-10)2-4-7;/h11H,1-5,10H2;1H. The van der Waals surface area contributed by atoms with Gasteiger partial charge in [0.2, 0.25) is 5.92 Å². The van der Waals surface area contributed by atoms with E-state index in [0.717, 1.165) is 0 Å². The second kappa shape index (κ2) is 3.85. The first kappa shape index (κ1) is 12.1. The molecule has 0 heterocycles. The third-order valence-corrected chi connectivity index (χ3v) is 2.29. The van der Waals surface area contributed by atoms with E-state index >= 15 is 0 Å². The van der Waals surface area contributed by atoms with Crippen LogP contribution in [-0.2, 0) is 0 Å². The molecule has 2 nitrogen and oxygen atoms in total. The maximum Gasteiger partial charge on any atom is 0.248 e. The lowest BCUT2D eigenvalue weighted by Crippen LogP contribution is -2.44. The Morgan fingerprint density at radius 1 is 1.17 bits per heavy atom. The Bertz CT molecular complexity index is 144. The van der Waals surface area contributed by atoms with E-state index in [0.29, 0.717) is 0 Å². The molecule has 1 saturated carbocycles. The molecular formula is C7H14ClF2NO. The summed E-state index contributed by atoms with van der Waals surface area (Å²) in [4.78, 5) is 0. The lowest BCUT2D eigenvalue weighted by atomic mass is 9.83. The van der Waals surface area contributed by atoms with Gasteiger partial charge in [-0.05, 0) is 12.8 Å². The summed E-state index contributed by atoms with van der Waals surface area (Å²) in [5.74, 6) is -2.58. The monoisotopic (exact) mass is 201 g/mol. The van der Waals surface area contributed by atoms with Crippen molar-refractivity contribution in [3.8, 4) is 0 Å². The van der Waals surface area contributed by atoms with Crippen LogP contribution in [0.5, 0.6) is 0 Å². The van der Waals surface area contributed by atoms with Crippen LogP contribution < -0.4 is 5.73 Å². The highest BCUT2D eigenvalue weighted by molar-refractivity contribution is 5.85. The maximum atomic E-state index is 12.5. The summed E-state index contributed by atoms with van der Waals surface area (Å²) in [6.07, 6.45) is -0.228. The fraction of sp³-hybridized carbons (Fsp3) is 1.00. The molecule has 0 saturated heterocycles. The van der Waals surface area contributed by atoms with Crippen LogP contribution in [-0.4, -0.2) is 23.2 Å². The summed E-state index contributed by atoms with van der Waals surface area (Å²) in [6, 6.07) is 0. The van der Waals surface area contributed by atoms with Gasteiger partial charge < -0.3 is 10.8 Å². The van der Waals surface area contributed by atoms with Gasteiger partial charge in [-0.25, -0.2) is 8.78 Å². The van der Waals surface area contributed by atoms with Crippen molar-refractivity contribution in [1.29, 1.82) is 0 Å². The number of rotatable bonds is 1. The van der Waals surface area contributed by atoms with E-state index in [1.54, 1.807) is 0 Å². The molecule has 1 aliphatic rings. The molecule has 3 N–H and O–H groups in total. The van der Waals surface area contributed by atoms with Gasteiger partial charge in [0.1, 0.15) is 0 Å². The van der Waals surface area contributed by atoms with Crippen molar-refractivity contribution in [2.24, 2.45) is 5.73 Å². The summed E-state index contributed by atoms with van der Waals surface area (Å²) in [7, 11) is 0. The minimum atomic E-state index is -2.58. The van der Waals surface area contributed by atoms with Crippen molar-refractivity contribution >= 4 is 12.4 Å². The maximum absolute atomic E-state index is 12.5. The molecule has 12 heavy (non-hydrogen) atoms. The fourth-order valence-corrected chi connectivity index (χ4v) is 1.29. The van der Waals surface area contributed by atoms with Gasteiger partial charge in [0, 0.05) is 19.4 Å². The Kier molecular flexibility index (Phi) is 3.87. The molecule has 1 aliphatic carbocycles. The second-order valence-electron chi connectivity index (χ2n) is 3.28. The van der Waals surface area contributed by atoms with Crippen LogP contribution in [0.25, 0.3) is 0 Å². The summed E-state index contributed by atoms with van der Waals surface area (Å²) < 4.78 is 25.1. The van der Waals surface area contributed by atoms with Crippen LogP contribution in [0.2, 0.25) is 0 Å². The smallest absolute Gasteiger partial charge is 0.248 e. The van der Waals surface area contributed by atoms with E-state index in [1.165, 1.54) is 0 Å². The molecule has 74 valence electrons. The van der Waals surface area contributed by atoms with Gasteiger partial charge in [-0.3, -0.25) is 0 Å². The van der Waals surface area contributed by atoms with Crippen LogP contribution in [0, 0.1) is 0 Å². The van der Waals surface area contributed by atoms with E-state index in [4.69, 9.17) is 5.73 Å². The zero-order chi connectivity index (χ0) is 8.54. The van der Waals surface area contributed by atoms with E-state index in [1.807, 2.05) is 0 Å². The number of nitrogens with two attached hydrogens (primary N) is 1. The third kappa shape index (κ3) is 2.84. The van der Waals surface area contributed by atoms with Crippen molar-refractivity contribution in [2.75, 3.05) is 6.54 Å². The lowest BCUT2D eigenvalue weighted by molar-refractivity contribution is -0.0991. The molecule has 0 bridgehead atoms.